The molecule has 6 N–H and O–H groups in total. The van der Waals surface area contributed by atoms with Crippen LogP contribution in [0.4, 0.5) is 22.7 Å². The molecule has 1 amide bonds. The van der Waals surface area contributed by atoms with Gasteiger partial charge in [-0.05, 0) is 47.2 Å². The third kappa shape index (κ3) is 8.51. The maximum absolute atomic E-state index is 12.5. The fourth-order valence-corrected chi connectivity index (χ4v) is 8.12. The van der Waals surface area contributed by atoms with Crippen molar-refractivity contribution in [3.63, 3.8) is 0 Å². The minimum atomic E-state index is -0.973. The molecular weight excluding hydrogens is 701 g/mol. The molecule has 0 radical (unpaired) electrons. The molecule has 0 unspecified atom stereocenters. The number of carboxylic acid groups (broad SMARTS) is 1. The number of thiophene rings is 2. The molecule has 4 aromatic heterocycles. The number of nitrogen functional groups attached to an aromatic ring is 1. The molecule has 0 saturated carbocycles. The van der Waals surface area contributed by atoms with E-state index in [2.05, 4.69) is 20.2 Å². The molecule has 2 aromatic carbocycles. The van der Waals surface area contributed by atoms with Gasteiger partial charge < -0.3 is 36.2 Å². The van der Waals surface area contributed by atoms with Gasteiger partial charge in [0.25, 0.3) is 5.91 Å². The van der Waals surface area contributed by atoms with Crippen LogP contribution in [-0.4, -0.2) is 75.6 Å². The average Bonchev–Trinajstić information content (AvgIpc) is 3.90. The summed E-state index contributed by atoms with van der Waals surface area (Å²) in [5.41, 5.74) is 9.76. The van der Waals surface area contributed by atoms with Crippen molar-refractivity contribution in [1.29, 1.82) is 0 Å². The Hall–Kier alpha value is -4.64. The van der Waals surface area contributed by atoms with Crippen molar-refractivity contribution in [2.75, 3.05) is 47.0 Å². The van der Waals surface area contributed by atoms with E-state index in [9.17, 15) is 14.7 Å². The largest absolute Gasteiger partial charge is 0.476 e. The van der Waals surface area contributed by atoms with Crippen LogP contribution in [0.1, 0.15) is 21.0 Å². The number of carbonyl (C=O) groups is 2. The van der Waals surface area contributed by atoms with E-state index in [0.29, 0.717) is 31.9 Å². The lowest BCUT2D eigenvalue weighted by Gasteiger charge is -2.38. The van der Waals surface area contributed by atoms with Crippen molar-refractivity contribution >= 4 is 80.0 Å². The van der Waals surface area contributed by atoms with E-state index in [4.69, 9.17) is 15.9 Å². The fourth-order valence-electron chi connectivity index (χ4n) is 4.90. The summed E-state index contributed by atoms with van der Waals surface area (Å²) in [6, 6.07) is 23.1. The number of aliphatic hydroxyl groups is 2. The number of nitrogens with two attached hydrogens (primary N) is 1. The second-order valence-electron chi connectivity index (χ2n) is 11.0. The summed E-state index contributed by atoms with van der Waals surface area (Å²) in [6.45, 7) is 2.58. The van der Waals surface area contributed by atoms with Gasteiger partial charge in [0.15, 0.2) is 5.69 Å². The van der Waals surface area contributed by atoms with Gasteiger partial charge in [-0.3, -0.25) is 4.79 Å². The van der Waals surface area contributed by atoms with Crippen LogP contribution >= 0.6 is 45.3 Å². The van der Waals surface area contributed by atoms with Gasteiger partial charge in [-0.2, -0.15) is 0 Å². The molecular formula is C34H32N6O5S4. The molecule has 2 saturated heterocycles. The SMILES string of the molecule is Nc1ccccc1N1CC(O)C1.O=C(Nc1ccccc1N1CC(O)C1)c1csc(-c2cccs2)n1.O=C(O)c1csc(-c2cccs2)n1. The third-order valence-corrected chi connectivity index (χ3v) is 11.2. The Morgan fingerprint density at radius 2 is 1.20 bits per heavy atom. The van der Waals surface area contributed by atoms with E-state index >= 15 is 0 Å². The number of aromatic carboxylic acids is 1. The summed E-state index contributed by atoms with van der Waals surface area (Å²) < 4.78 is 0. The smallest absolute Gasteiger partial charge is 0.355 e. The minimum Gasteiger partial charge on any atom is -0.476 e. The molecule has 2 fully saturated rings. The molecule has 15 heteroatoms. The lowest BCUT2D eigenvalue weighted by Crippen LogP contribution is -2.51. The summed E-state index contributed by atoms with van der Waals surface area (Å²) in [5.74, 6) is -1.19. The van der Waals surface area contributed by atoms with Crippen LogP contribution in [0.25, 0.3) is 19.8 Å². The first kappa shape index (κ1) is 34.2. The molecule has 0 spiro atoms. The molecule has 2 aliphatic heterocycles. The van der Waals surface area contributed by atoms with Crippen molar-refractivity contribution in [3.8, 4) is 19.8 Å². The summed E-state index contributed by atoms with van der Waals surface area (Å²) in [7, 11) is 0. The van der Waals surface area contributed by atoms with Crippen LogP contribution in [0.15, 0.2) is 94.3 Å². The average molecular weight is 733 g/mol. The predicted octanol–water partition coefficient (Wildman–Crippen LogP) is 6.32. The van der Waals surface area contributed by atoms with Crippen LogP contribution in [0.2, 0.25) is 0 Å². The van der Waals surface area contributed by atoms with E-state index < -0.39 is 5.97 Å². The molecule has 8 rings (SSSR count). The number of para-hydroxylation sites is 4. The van der Waals surface area contributed by atoms with Crippen LogP contribution in [0.3, 0.4) is 0 Å². The van der Waals surface area contributed by atoms with Gasteiger partial charge in [0.05, 0.1) is 44.7 Å². The highest BCUT2D eigenvalue weighted by Crippen LogP contribution is 2.32. The van der Waals surface area contributed by atoms with Gasteiger partial charge in [0, 0.05) is 36.9 Å². The normalized spacial score (nSPS) is 14.1. The van der Waals surface area contributed by atoms with Gasteiger partial charge in [-0.1, -0.05) is 36.4 Å². The van der Waals surface area contributed by atoms with Gasteiger partial charge in [0.2, 0.25) is 0 Å². The molecule has 6 heterocycles. The second kappa shape index (κ2) is 15.7. The summed E-state index contributed by atoms with van der Waals surface area (Å²) in [5, 5.41) is 39.0. The molecule has 6 aromatic rings. The molecule has 11 nitrogen and oxygen atoms in total. The van der Waals surface area contributed by atoms with Crippen LogP contribution in [0, 0.1) is 0 Å². The highest BCUT2D eigenvalue weighted by atomic mass is 32.1. The molecule has 0 aliphatic carbocycles. The number of β-amino-alcohol motifs (C(OH)–C–C–N with tert-alkyl or cyclic N) is 2. The standard InChI is InChI=1S/C17H15N3O2S2.C9H12N2O.C8H5NO2S2/c21-11-8-20(9-11)14-5-2-1-4-12(14)18-16(22)13-10-24-17(19-13)15-6-3-7-23-15;10-8-3-1-2-4-9(8)11-5-7(12)6-11;10-8(11)5-4-13-7(9-5)6-2-1-3-12-6/h1-7,10-11,21H,8-9H2,(H,18,22);1-4,7,12H,5-6,10H2;1-4H,(H,10,11). The zero-order valence-corrected chi connectivity index (χ0v) is 29.1. The Bertz CT molecular complexity index is 1980. The van der Waals surface area contributed by atoms with E-state index in [1.54, 1.807) is 33.4 Å². The lowest BCUT2D eigenvalue weighted by molar-refractivity contribution is 0.0691. The molecule has 2 aliphatic rings. The number of carboxylic acids is 1. The maximum atomic E-state index is 12.5. The highest BCUT2D eigenvalue weighted by Gasteiger charge is 2.27. The van der Waals surface area contributed by atoms with E-state index in [0.717, 1.165) is 42.5 Å². The lowest BCUT2D eigenvalue weighted by atomic mass is 10.1. The number of aliphatic hydroxyl groups excluding tert-OH is 2. The number of rotatable bonds is 7. The van der Waals surface area contributed by atoms with Gasteiger partial charge in [-0.15, -0.1) is 45.3 Å². The van der Waals surface area contributed by atoms with Crippen LogP contribution < -0.4 is 20.9 Å². The zero-order chi connectivity index (χ0) is 34.3. The number of nitrogens with one attached hydrogen (secondary N) is 1. The van der Waals surface area contributed by atoms with Gasteiger partial charge in [-0.25, -0.2) is 14.8 Å². The van der Waals surface area contributed by atoms with Gasteiger partial charge in [0.1, 0.15) is 15.7 Å². The van der Waals surface area contributed by atoms with Gasteiger partial charge >= 0.3 is 5.97 Å². The van der Waals surface area contributed by atoms with Crippen molar-refractivity contribution in [3.05, 3.63) is 106 Å². The minimum absolute atomic E-state index is 0.119. The number of hydrogen-bond acceptors (Lipinski definition) is 13. The number of nitrogens with zero attached hydrogens (tertiary/aromatic N) is 4. The number of aromatic nitrogens is 2. The highest BCUT2D eigenvalue weighted by molar-refractivity contribution is 7.20. The first-order chi connectivity index (χ1) is 23.7. The monoisotopic (exact) mass is 732 g/mol. The predicted molar refractivity (Wildman–Crippen MR) is 200 cm³/mol. The number of carbonyl (C=O) groups excluding carboxylic acids is 1. The van der Waals surface area contributed by atoms with Crippen LogP contribution in [0.5, 0.6) is 0 Å². The number of hydrogen-bond donors (Lipinski definition) is 5. The summed E-state index contributed by atoms with van der Waals surface area (Å²) in [6.07, 6.45) is -0.467. The van der Waals surface area contributed by atoms with Crippen molar-refractivity contribution in [2.45, 2.75) is 12.2 Å². The molecule has 252 valence electrons. The molecule has 0 atom stereocenters. The van der Waals surface area contributed by atoms with E-state index in [-0.39, 0.29) is 23.8 Å². The Morgan fingerprint density at radius 1 is 0.694 bits per heavy atom. The van der Waals surface area contributed by atoms with Crippen molar-refractivity contribution < 1.29 is 24.9 Å². The third-order valence-electron chi connectivity index (χ3n) is 7.42. The number of anilines is 4. The molecule has 49 heavy (non-hydrogen) atoms. The zero-order valence-electron chi connectivity index (χ0n) is 25.9. The first-order valence-corrected chi connectivity index (χ1v) is 18.6. The molecule has 0 bridgehead atoms. The maximum Gasteiger partial charge on any atom is 0.355 e. The van der Waals surface area contributed by atoms with Crippen molar-refractivity contribution in [2.24, 2.45) is 0 Å². The number of amides is 1. The first-order valence-electron chi connectivity index (χ1n) is 15.1. The summed E-state index contributed by atoms with van der Waals surface area (Å²) >= 11 is 5.99. The van der Waals surface area contributed by atoms with E-state index in [1.165, 1.54) is 22.7 Å². The van der Waals surface area contributed by atoms with Crippen LogP contribution in [-0.2, 0) is 0 Å². The Kier molecular flexibility index (Phi) is 11.0. The Labute approximate surface area is 298 Å². The topological polar surface area (TPSA) is 165 Å². The van der Waals surface area contributed by atoms with E-state index in [1.807, 2.05) is 88.5 Å². The number of benzene rings is 2. The Morgan fingerprint density at radius 3 is 1.71 bits per heavy atom. The quantitative estimate of drug-likeness (QED) is 0.117. The fraction of sp³-hybridized carbons (Fsp3) is 0.176. The van der Waals surface area contributed by atoms with Crippen molar-refractivity contribution in [1.82, 2.24) is 9.97 Å². The Balaban J connectivity index is 0.000000140. The summed E-state index contributed by atoms with van der Waals surface area (Å²) in [4.78, 5) is 37.6. The number of thiazole rings is 2. The second-order valence-corrected chi connectivity index (χ2v) is 14.6.